The van der Waals surface area contributed by atoms with Crippen LogP contribution in [0.15, 0.2) is 41.3 Å². The van der Waals surface area contributed by atoms with Crippen LogP contribution in [-0.2, 0) is 6.42 Å². The third-order valence-electron chi connectivity index (χ3n) is 2.94. The zero-order valence-corrected chi connectivity index (χ0v) is 10.9. The van der Waals surface area contributed by atoms with Crippen LogP contribution < -0.4 is 10.2 Å². The second kappa shape index (κ2) is 5.40. The van der Waals surface area contributed by atoms with E-state index in [4.69, 9.17) is 10.00 Å². The minimum absolute atomic E-state index is 0.105. The number of nitriles is 1. The highest BCUT2D eigenvalue weighted by atomic mass is 16.5. The van der Waals surface area contributed by atoms with E-state index in [-0.39, 0.29) is 11.8 Å². The summed E-state index contributed by atoms with van der Waals surface area (Å²) in [6.45, 7) is 1.85. The van der Waals surface area contributed by atoms with Crippen LogP contribution in [0.2, 0.25) is 0 Å². The van der Waals surface area contributed by atoms with Crippen molar-refractivity contribution in [3.05, 3.63) is 58.0 Å². The van der Waals surface area contributed by atoms with E-state index in [2.05, 4.69) is 0 Å². The van der Waals surface area contributed by atoms with Crippen LogP contribution in [0.1, 0.15) is 11.3 Å². The summed E-state index contributed by atoms with van der Waals surface area (Å²) in [5, 5.41) is 8.75. The van der Waals surface area contributed by atoms with Crippen molar-refractivity contribution in [3.8, 4) is 17.5 Å². The highest BCUT2D eigenvalue weighted by Gasteiger charge is 2.08. The van der Waals surface area contributed by atoms with Gasteiger partial charge >= 0.3 is 0 Å². The topological polar surface area (TPSA) is 55.0 Å². The minimum Gasteiger partial charge on any atom is -0.495 e. The molecule has 1 heterocycles. The predicted octanol–water partition coefficient (Wildman–Crippen LogP) is 2.22. The molecule has 0 amide bonds. The normalized spacial score (nSPS) is 9.95. The molecule has 0 atom stereocenters. The Morgan fingerprint density at radius 2 is 2.11 bits per heavy atom. The van der Waals surface area contributed by atoms with E-state index in [0.717, 1.165) is 17.1 Å². The number of ether oxygens (including phenoxy) is 1. The second-order valence-electron chi connectivity index (χ2n) is 4.18. The first kappa shape index (κ1) is 12.9. The summed E-state index contributed by atoms with van der Waals surface area (Å²) in [7, 11) is 1.60. The van der Waals surface area contributed by atoms with Crippen LogP contribution in [0.4, 0.5) is 0 Å². The summed E-state index contributed by atoms with van der Waals surface area (Å²) in [5.74, 6) is 0.720. The molecule has 0 aliphatic carbocycles. The maximum atomic E-state index is 11.8. The highest BCUT2D eigenvalue weighted by Crippen LogP contribution is 2.23. The lowest BCUT2D eigenvalue weighted by molar-refractivity contribution is 0.412. The monoisotopic (exact) mass is 254 g/mol. The van der Waals surface area contributed by atoms with Gasteiger partial charge in [0.1, 0.15) is 5.75 Å². The van der Waals surface area contributed by atoms with Gasteiger partial charge in [0.15, 0.2) is 5.43 Å². The number of aromatic nitrogens is 1. The number of benzene rings is 1. The Morgan fingerprint density at radius 3 is 2.79 bits per heavy atom. The third-order valence-corrected chi connectivity index (χ3v) is 2.94. The van der Waals surface area contributed by atoms with Crippen molar-refractivity contribution in [1.29, 1.82) is 5.26 Å². The van der Waals surface area contributed by atoms with E-state index < -0.39 is 0 Å². The van der Waals surface area contributed by atoms with Gasteiger partial charge in [-0.3, -0.25) is 4.79 Å². The molecule has 0 fully saturated rings. The fourth-order valence-electron chi connectivity index (χ4n) is 1.98. The molecule has 1 aromatic heterocycles. The maximum absolute atomic E-state index is 11.8. The Labute approximate surface area is 111 Å². The van der Waals surface area contributed by atoms with Crippen LogP contribution >= 0.6 is 0 Å². The van der Waals surface area contributed by atoms with Crippen molar-refractivity contribution in [2.45, 2.75) is 13.3 Å². The molecule has 0 radical (unpaired) electrons. The number of nitrogens with zero attached hydrogens (tertiary/aromatic N) is 2. The Balaban J connectivity index is 2.65. The SMILES string of the molecule is COc1ccccc1-n1cc(CC#N)c(=O)cc1C. The van der Waals surface area contributed by atoms with Gasteiger partial charge in [0, 0.05) is 23.5 Å². The first-order valence-corrected chi connectivity index (χ1v) is 5.90. The molecule has 0 aliphatic rings. The molecular formula is C15H14N2O2. The molecule has 19 heavy (non-hydrogen) atoms. The Kier molecular flexibility index (Phi) is 3.67. The van der Waals surface area contributed by atoms with Crippen LogP contribution in [0, 0.1) is 18.3 Å². The average molecular weight is 254 g/mol. The minimum atomic E-state index is -0.106. The molecule has 2 aromatic rings. The Hall–Kier alpha value is -2.54. The quantitative estimate of drug-likeness (QED) is 0.844. The molecule has 4 heteroatoms. The summed E-state index contributed by atoms with van der Waals surface area (Å²) in [6.07, 6.45) is 1.81. The van der Waals surface area contributed by atoms with Crippen molar-refractivity contribution < 1.29 is 4.74 Å². The van der Waals surface area contributed by atoms with Gasteiger partial charge < -0.3 is 9.30 Å². The summed E-state index contributed by atoms with van der Waals surface area (Å²) < 4.78 is 7.19. The predicted molar refractivity (Wildman–Crippen MR) is 72.6 cm³/mol. The molecular weight excluding hydrogens is 240 g/mol. The van der Waals surface area contributed by atoms with Crippen LogP contribution in [0.25, 0.3) is 5.69 Å². The highest BCUT2D eigenvalue weighted by molar-refractivity contribution is 5.48. The number of pyridine rings is 1. The summed E-state index contributed by atoms with van der Waals surface area (Å²) in [4.78, 5) is 11.8. The summed E-state index contributed by atoms with van der Waals surface area (Å²) >= 11 is 0. The van der Waals surface area contributed by atoms with E-state index in [0.29, 0.717) is 5.56 Å². The lowest BCUT2D eigenvalue weighted by Crippen LogP contribution is -2.14. The van der Waals surface area contributed by atoms with Gasteiger partial charge in [-0.05, 0) is 19.1 Å². The number of hydrogen-bond donors (Lipinski definition) is 0. The second-order valence-corrected chi connectivity index (χ2v) is 4.18. The van der Waals surface area contributed by atoms with E-state index in [1.54, 1.807) is 19.4 Å². The molecule has 0 spiro atoms. The summed E-state index contributed by atoms with van der Waals surface area (Å²) in [5.41, 5.74) is 2.03. The fourth-order valence-corrected chi connectivity index (χ4v) is 1.98. The lowest BCUT2D eigenvalue weighted by atomic mass is 10.1. The molecule has 1 aromatic carbocycles. The van der Waals surface area contributed by atoms with Crippen molar-refractivity contribution in [3.63, 3.8) is 0 Å². The van der Waals surface area contributed by atoms with Crippen molar-refractivity contribution in [1.82, 2.24) is 4.57 Å². The van der Waals surface area contributed by atoms with Crippen molar-refractivity contribution in [2.24, 2.45) is 0 Å². The van der Waals surface area contributed by atoms with Crippen LogP contribution in [-0.4, -0.2) is 11.7 Å². The first-order chi connectivity index (χ1) is 9.17. The average Bonchev–Trinajstić information content (AvgIpc) is 2.42. The van der Waals surface area contributed by atoms with E-state index in [1.807, 2.05) is 41.8 Å². The first-order valence-electron chi connectivity index (χ1n) is 5.90. The standard InChI is InChI=1S/C15H14N2O2/c1-11-9-14(18)12(7-8-16)10-17(11)13-5-3-4-6-15(13)19-2/h3-6,9-10H,7H2,1-2H3. The van der Waals surface area contributed by atoms with E-state index >= 15 is 0 Å². The van der Waals surface area contributed by atoms with E-state index in [1.165, 1.54) is 0 Å². The largest absolute Gasteiger partial charge is 0.495 e. The zero-order chi connectivity index (χ0) is 13.8. The number of para-hydroxylation sites is 2. The van der Waals surface area contributed by atoms with Crippen molar-refractivity contribution >= 4 is 0 Å². The molecule has 4 nitrogen and oxygen atoms in total. The molecule has 96 valence electrons. The molecule has 0 aliphatic heterocycles. The number of hydrogen-bond acceptors (Lipinski definition) is 3. The molecule has 0 unspecified atom stereocenters. The number of methoxy groups -OCH3 is 1. The van der Waals surface area contributed by atoms with Gasteiger partial charge in [-0.15, -0.1) is 0 Å². The van der Waals surface area contributed by atoms with Gasteiger partial charge in [-0.1, -0.05) is 12.1 Å². The van der Waals surface area contributed by atoms with Crippen LogP contribution in [0.3, 0.4) is 0 Å². The molecule has 0 saturated heterocycles. The zero-order valence-electron chi connectivity index (χ0n) is 10.9. The Morgan fingerprint density at radius 1 is 1.37 bits per heavy atom. The molecule has 0 saturated carbocycles. The summed E-state index contributed by atoms with van der Waals surface area (Å²) in [6, 6.07) is 11.1. The number of rotatable bonds is 3. The van der Waals surface area contributed by atoms with Crippen molar-refractivity contribution in [2.75, 3.05) is 7.11 Å². The lowest BCUT2D eigenvalue weighted by Gasteiger charge is -2.15. The smallest absolute Gasteiger partial charge is 0.186 e. The Bertz CT molecular complexity index is 696. The fraction of sp³-hybridized carbons (Fsp3) is 0.200. The van der Waals surface area contributed by atoms with Gasteiger partial charge in [0.05, 0.1) is 25.3 Å². The molecule has 0 N–H and O–H groups in total. The maximum Gasteiger partial charge on any atom is 0.186 e. The van der Waals surface area contributed by atoms with Gasteiger partial charge in [-0.2, -0.15) is 5.26 Å². The number of aryl methyl sites for hydroxylation is 1. The van der Waals surface area contributed by atoms with Gasteiger partial charge in [-0.25, -0.2) is 0 Å². The van der Waals surface area contributed by atoms with Crippen LogP contribution in [0.5, 0.6) is 5.75 Å². The molecule has 0 bridgehead atoms. The van der Waals surface area contributed by atoms with Gasteiger partial charge in [0.25, 0.3) is 0 Å². The third kappa shape index (κ3) is 2.50. The molecule has 2 rings (SSSR count). The van der Waals surface area contributed by atoms with Gasteiger partial charge in [0.2, 0.25) is 0 Å². The van der Waals surface area contributed by atoms with E-state index in [9.17, 15) is 4.79 Å².